The maximum atomic E-state index is 5.73. The zero-order chi connectivity index (χ0) is 11.5. The third-order valence-corrected chi connectivity index (χ3v) is 3.21. The second-order valence-corrected chi connectivity index (χ2v) is 5.24. The fourth-order valence-electron chi connectivity index (χ4n) is 1.31. The van der Waals surface area contributed by atoms with E-state index in [9.17, 15) is 0 Å². The molecule has 5 heteroatoms. The third kappa shape index (κ3) is 3.43. The van der Waals surface area contributed by atoms with Gasteiger partial charge in [0.1, 0.15) is 5.82 Å². The van der Waals surface area contributed by atoms with Crippen LogP contribution in [0.5, 0.6) is 0 Å². The Morgan fingerprint density at radius 1 is 1.47 bits per heavy atom. The molecule has 0 fully saturated rings. The number of hydrogen-bond acceptors (Lipinski definition) is 5. The lowest BCUT2D eigenvalue weighted by Gasteiger charge is -2.30. The van der Waals surface area contributed by atoms with E-state index < -0.39 is 0 Å². The summed E-state index contributed by atoms with van der Waals surface area (Å²) in [5, 5.41) is 0.997. The largest absolute Gasteiger partial charge is 0.347 e. The van der Waals surface area contributed by atoms with Crippen LogP contribution in [0.4, 0.5) is 5.13 Å². The monoisotopic (exact) mass is 228 g/mol. The van der Waals surface area contributed by atoms with Crippen LogP contribution in [0.1, 0.15) is 26.6 Å². The Morgan fingerprint density at radius 3 is 2.53 bits per heavy atom. The zero-order valence-corrected chi connectivity index (χ0v) is 10.8. The van der Waals surface area contributed by atoms with Crippen molar-refractivity contribution in [3.8, 4) is 0 Å². The average Bonchev–Trinajstić information content (AvgIpc) is 2.61. The molecule has 0 aliphatic carbocycles. The Morgan fingerprint density at radius 2 is 2.13 bits per heavy atom. The predicted octanol–water partition coefficient (Wildman–Crippen LogP) is 1.66. The van der Waals surface area contributed by atoms with Crippen molar-refractivity contribution in [2.45, 2.75) is 27.7 Å². The van der Waals surface area contributed by atoms with E-state index in [1.165, 1.54) is 11.5 Å². The maximum Gasteiger partial charge on any atom is 0.205 e. The number of aryl methyl sites for hydroxylation is 1. The second-order valence-electron chi connectivity index (χ2n) is 4.51. The van der Waals surface area contributed by atoms with Crippen molar-refractivity contribution in [1.29, 1.82) is 0 Å². The van der Waals surface area contributed by atoms with Crippen molar-refractivity contribution >= 4 is 16.7 Å². The summed E-state index contributed by atoms with van der Waals surface area (Å²) in [6.45, 7) is 10.9. The lowest BCUT2D eigenvalue weighted by atomic mass is 9.93. The van der Waals surface area contributed by atoms with Gasteiger partial charge in [-0.2, -0.15) is 4.37 Å². The highest BCUT2D eigenvalue weighted by molar-refractivity contribution is 7.09. The van der Waals surface area contributed by atoms with E-state index in [-0.39, 0.29) is 5.41 Å². The number of rotatable bonds is 5. The SMILES string of the molecule is CCN(CC(C)(C)CN)c1nc(C)ns1. The highest BCUT2D eigenvalue weighted by Crippen LogP contribution is 2.22. The average molecular weight is 228 g/mol. The van der Waals surface area contributed by atoms with Gasteiger partial charge in [0.25, 0.3) is 0 Å². The lowest BCUT2D eigenvalue weighted by Crippen LogP contribution is -2.38. The van der Waals surface area contributed by atoms with Gasteiger partial charge in [-0.25, -0.2) is 4.98 Å². The van der Waals surface area contributed by atoms with Crippen molar-refractivity contribution < 1.29 is 0 Å². The van der Waals surface area contributed by atoms with Gasteiger partial charge in [0.2, 0.25) is 5.13 Å². The molecule has 0 unspecified atom stereocenters. The minimum absolute atomic E-state index is 0.121. The quantitative estimate of drug-likeness (QED) is 0.832. The first-order valence-corrected chi connectivity index (χ1v) is 6.01. The van der Waals surface area contributed by atoms with Gasteiger partial charge >= 0.3 is 0 Å². The van der Waals surface area contributed by atoms with Gasteiger partial charge in [-0.05, 0) is 25.8 Å². The standard InChI is InChI=1S/C10H20N4S/c1-5-14(7-10(3,4)6-11)9-12-8(2)13-15-9/h5-7,11H2,1-4H3. The molecule has 0 atom stereocenters. The van der Waals surface area contributed by atoms with Crippen molar-refractivity contribution in [1.82, 2.24) is 9.36 Å². The van der Waals surface area contributed by atoms with Gasteiger partial charge in [0, 0.05) is 24.6 Å². The van der Waals surface area contributed by atoms with Crippen LogP contribution in [0.25, 0.3) is 0 Å². The summed E-state index contributed by atoms with van der Waals surface area (Å²) < 4.78 is 4.20. The summed E-state index contributed by atoms with van der Waals surface area (Å²) in [5.74, 6) is 0.846. The maximum absolute atomic E-state index is 5.73. The molecule has 15 heavy (non-hydrogen) atoms. The minimum Gasteiger partial charge on any atom is -0.347 e. The molecule has 0 aromatic carbocycles. The number of hydrogen-bond donors (Lipinski definition) is 1. The molecule has 0 saturated carbocycles. The fourth-order valence-corrected chi connectivity index (χ4v) is 2.05. The van der Waals surface area contributed by atoms with E-state index in [0.717, 1.165) is 24.0 Å². The Hall–Kier alpha value is -0.680. The van der Waals surface area contributed by atoms with Crippen LogP contribution >= 0.6 is 11.5 Å². The first-order chi connectivity index (χ1) is 6.98. The highest BCUT2D eigenvalue weighted by atomic mass is 32.1. The number of nitrogens with two attached hydrogens (primary N) is 1. The Balaban J connectivity index is 2.72. The Bertz CT molecular complexity index is 308. The fraction of sp³-hybridized carbons (Fsp3) is 0.800. The lowest BCUT2D eigenvalue weighted by molar-refractivity contribution is 0.379. The Labute approximate surface area is 95.7 Å². The molecule has 0 aliphatic heterocycles. The molecule has 0 spiro atoms. The summed E-state index contributed by atoms with van der Waals surface area (Å²) in [7, 11) is 0. The van der Waals surface area contributed by atoms with Gasteiger partial charge in [0.05, 0.1) is 0 Å². The van der Waals surface area contributed by atoms with Crippen LogP contribution in [0.2, 0.25) is 0 Å². The molecule has 1 aromatic rings. The topological polar surface area (TPSA) is 55.0 Å². The van der Waals surface area contributed by atoms with Crippen LogP contribution in [-0.2, 0) is 0 Å². The van der Waals surface area contributed by atoms with Crippen LogP contribution in [0.3, 0.4) is 0 Å². The van der Waals surface area contributed by atoms with E-state index >= 15 is 0 Å². The first kappa shape index (κ1) is 12.4. The molecule has 1 aromatic heterocycles. The van der Waals surface area contributed by atoms with E-state index in [4.69, 9.17) is 5.73 Å². The van der Waals surface area contributed by atoms with Crippen LogP contribution in [0.15, 0.2) is 0 Å². The summed E-state index contributed by atoms with van der Waals surface area (Å²) in [4.78, 5) is 6.63. The summed E-state index contributed by atoms with van der Waals surface area (Å²) in [5.41, 5.74) is 5.85. The molecule has 0 saturated heterocycles. The van der Waals surface area contributed by atoms with Gasteiger partial charge in [-0.1, -0.05) is 13.8 Å². The van der Waals surface area contributed by atoms with Crippen molar-refractivity contribution in [3.05, 3.63) is 5.82 Å². The molecule has 0 amide bonds. The number of aromatic nitrogens is 2. The van der Waals surface area contributed by atoms with Crippen molar-refractivity contribution in [3.63, 3.8) is 0 Å². The highest BCUT2D eigenvalue weighted by Gasteiger charge is 2.21. The van der Waals surface area contributed by atoms with Crippen LogP contribution in [0, 0.1) is 12.3 Å². The second kappa shape index (κ2) is 4.90. The first-order valence-electron chi connectivity index (χ1n) is 5.24. The molecule has 4 nitrogen and oxygen atoms in total. The van der Waals surface area contributed by atoms with Gasteiger partial charge in [-0.15, -0.1) is 0 Å². The van der Waals surface area contributed by atoms with Gasteiger partial charge < -0.3 is 10.6 Å². The molecule has 0 aliphatic rings. The smallest absolute Gasteiger partial charge is 0.205 e. The van der Waals surface area contributed by atoms with Crippen molar-refractivity contribution in [2.75, 3.05) is 24.5 Å². The van der Waals surface area contributed by atoms with E-state index in [1.807, 2.05) is 6.92 Å². The molecule has 2 N–H and O–H groups in total. The summed E-state index contributed by atoms with van der Waals surface area (Å²) >= 11 is 1.46. The molecule has 1 rings (SSSR count). The normalized spacial score (nSPS) is 11.8. The number of anilines is 1. The molecule has 0 bridgehead atoms. The molecule has 86 valence electrons. The summed E-state index contributed by atoms with van der Waals surface area (Å²) in [6.07, 6.45) is 0. The predicted molar refractivity (Wildman–Crippen MR) is 65.4 cm³/mol. The van der Waals surface area contributed by atoms with Crippen molar-refractivity contribution in [2.24, 2.45) is 11.1 Å². The van der Waals surface area contributed by atoms with Gasteiger partial charge in [0.15, 0.2) is 0 Å². The van der Waals surface area contributed by atoms with E-state index in [0.29, 0.717) is 6.54 Å². The zero-order valence-electron chi connectivity index (χ0n) is 9.95. The van der Waals surface area contributed by atoms with Crippen LogP contribution in [-0.4, -0.2) is 29.0 Å². The number of nitrogens with zero attached hydrogens (tertiary/aromatic N) is 3. The minimum atomic E-state index is 0.121. The Kier molecular flexibility index (Phi) is 4.04. The molecule has 1 heterocycles. The van der Waals surface area contributed by atoms with Gasteiger partial charge in [-0.3, -0.25) is 0 Å². The molecular formula is C10H20N4S. The van der Waals surface area contributed by atoms with Crippen LogP contribution < -0.4 is 10.6 Å². The third-order valence-electron chi connectivity index (χ3n) is 2.34. The van der Waals surface area contributed by atoms with E-state index in [2.05, 4.69) is 35.0 Å². The van der Waals surface area contributed by atoms with E-state index in [1.54, 1.807) is 0 Å². The molecular weight excluding hydrogens is 208 g/mol. The molecule has 0 radical (unpaired) electrons. The summed E-state index contributed by atoms with van der Waals surface area (Å²) in [6, 6.07) is 0.